The van der Waals surface area contributed by atoms with Crippen LogP contribution in [-0.4, -0.2) is 34.9 Å². The average Bonchev–Trinajstić information content (AvgIpc) is 3.36. The maximum atomic E-state index is 13.8. The molecule has 3 aliphatic heterocycles. The van der Waals surface area contributed by atoms with Crippen LogP contribution in [-0.2, 0) is 15.8 Å². The van der Waals surface area contributed by atoms with Crippen molar-refractivity contribution in [3.63, 3.8) is 0 Å². The van der Waals surface area contributed by atoms with Crippen molar-refractivity contribution in [2.75, 3.05) is 4.90 Å². The molecule has 0 radical (unpaired) electrons. The molecule has 4 unspecified atom stereocenters. The third-order valence-corrected chi connectivity index (χ3v) is 7.05. The number of anilines is 1. The summed E-state index contributed by atoms with van der Waals surface area (Å²) in [6.07, 6.45) is -3.05. The van der Waals surface area contributed by atoms with E-state index in [9.17, 15) is 27.6 Å². The Balaban J connectivity index is 1.49. The second kappa shape index (κ2) is 7.87. The van der Waals surface area contributed by atoms with Crippen molar-refractivity contribution < 1.29 is 27.6 Å². The van der Waals surface area contributed by atoms with E-state index in [1.165, 1.54) is 11.1 Å². The van der Waals surface area contributed by atoms with Gasteiger partial charge < -0.3 is 0 Å². The van der Waals surface area contributed by atoms with E-state index in [-0.39, 0.29) is 11.5 Å². The van der Waals surface area contributed by atoms with Gasteiger partial charge in [-0.15, -0.1) is 0 Å². The molecule has 6 rings (SSSR count). The number of fused-ring (bicyclic) bond motifs is 5. The molecule has 2 fully saturated rings. The van der Waals surface area contributed by atoms with Crippen LogP contribution in [0.2, 0.25) is 0 Å². The highest BCUT2D eigenvalue weighted by atomic mass is 19.4. The van der Waals surface area contributed by atoms with Gasteiger partial charge in [0, 0.05) is 5.56 Å². The zero-order chi connectivity index (χ0) is 25.2. The molecule has 0 bridgehead atoms. The second-order valence-corrected chi connectivity index (χ2v) is 8.98. The summed E-state index contributed by atoms with van der Waals surface area (Å²) in [7, 11) is 0. The molecule has 2 saturated heterocycles. The van der Waals surface area contributed by atoms with Gasteiger partial charge in [0.25, 0.3) is 0 Å². The first-order chi connectivity index (χ1) is 17.3. The van der Waals surface area contributed by atoms with E-state index in [0.29, 0.717) is 5.56 Å². The Morgan fingerprint density at radius 2 is 1.53 bits per heavy atom. The first-order valence-corrected chi connectivity index (χ1v) is 11.3. The van der Waals surface area contributed by atoms with Crippen molar-refractivity contribution in [3.05, 3.63) is 101 Å². The van der Waals surface area contributed by atoms with Crippen LogP contribution in [0.5, 0.6) is 0 Å². The van der Waals surface area contributed by atoms with Crippen LogP contribution in [0.15, 0.2) is 84.0 Å². The average molecular weight is 489 g/mol. The number of rotatable bonds is 3. The molecule has 6 nitrogen and oxygen atoms in total. The van der Waals surface area contributed by atoms with Gasteiger partial charge in [0.2, 0.25) is 11.8 Å². The number of Topliss-reactive ketones (excluding diaryl/α,β-unsaturated/α-hetero) is 1. The van der Waals surface area contributed by atoms with E-state index >= 15 is 0 Å². The lowest BCUT2D eigenvalue weighted by Gasteiger charge is -2.33. The van der Waals surface area contributed by atoms with Crippen molar-refractivity contribution in [2.24, 2.45) is 16.9 Å². The van der Waals surface area contributed by atoms with Crippen LogP contribution in [0.3, 0.4) is 0 Å². The molecule has 0 N–H and O–H groups in total. The lowest BCUT2D eigenvalue weighted by Crippen LogP contribution is -2.44. The largest absolute Gasteiger partial charge is 0.416 e. The van der Waals surface area contributed by atoms with Gasteiger partial charge >= 0.3 is 6.18 Å². The number of benzene rings is 3. The van der Waals surface area contributed by atoms with Crippen LogP contribution in [0.25, 0.3) is 0 Å². The van der Waals surface area contributed by atoms with E-state index in [1.807, 2.05) is 18.2 Å². The Morgan fingerprint density at radius 3 is 2.28 bits per heavy atom. The van der Waals surface area contributed by atoms with Gasteiger partial charge in [-0.3, -0.25) is 19.4 Å². The highest BCUT2D eigenvalue weighted by Gasteiger charge is 2.65. The molecule has 4 atom stereocenters. The number of ketones is 1. The van der Waals surface area contributed by atoms with Gasteiger partial charge in [-0.1, -0.05) is 60.7 Å². The minimum absolute atomic E-state index is 0.167. The van der Waals surface area contributed by atoms with E-state index in [2.05, 4.69) is 5.10 Å². The molecule has 0 aliphatic carbocycles. The molecular weight excluding hydrogens is 471 g/mol. The number of hydrogen-bond donors (Lipinski definition) is 0. The highest BCUT2D eigenvalue weighted by molar-refractivity contribution is 6.24. The van der Waals surface area contributed by atoms with Gasteiger partial charge in [-0.25, -0.2) is 4.90 Å². The lowest BCUT2D eigenvalue weighted by atomic mass is 9.83. The number of carbonyl (C=O) groups excluding carboxylic acids is 3. The second-order valence-electron chi connectivity index (χ2n) is 8.98. The zero-order valence-electron chi connectivity index (χ0n) is 18.6. The summed E-state index contributed by atoms with van der Waals surface area (Å²) in [5.41, 5.74) is 0.706. The number of amides is 2. The minimum atomic E-state index is -4.64. The van der Waals surface area contributed by atoms with Crippen molar-refractivity contribution in [3.8, 4) is 0 Å². The quantitative estimate of drug-likeness (QED) is 0.402. The number of hydrazone groups is 1. The van der Waals surface area contributed by atoms with Gasteiger partial charge in [0.15, 0.2) is 5.78 Å². The Morgan fingerprint density at radius 1 is 0.833 bits per heavy atom. The van der Waals surface area contributed by atoms with Crippen molar-refractivity contribution >= 4 is 29.5 Å². The molecule has 3 aromatic carbocycles. The molecular formula is C27H18F3N3O3. The third-order valence-electron chi connectivity index (χ3n) is 7.05. The molecule has 0 saturated carbocycles. The number of hydrogen-bond acceptors (Lipinski definition) is 5. The SMILES string of the molecule is O=C(c1ccccc1)C1C2C(=O)N(c3cccc(C(F)(F)F)c3)C(=O)C2C2c3ccccc3C=NN12. The fourth-order valence-electron chi connectivity index (χ4n) is 5.52. The summed E-state index contributed by atoms with van der Waals surface area (Å²) in [5.74, 6) is -3.82. The first kappa shape index (κ1) is 22.2. The van der Waals surface area contributed by atoms with E-state index in [1.54, 1.807) is 42.6 Å². The van der Waals surface area contributed by atoms with Gasteiger partial charge in [0.05, 0.1) is 35.3 Å². The fourth-order valence-corrected chi connectivity index (χ4v) is 5.52. The Kier molecular flexibility index (Phi) is 4.86. The normalized spacial score (nSPS) is 24.5. The van der Waals surface area contributed by atoms with Crippen LogP contribution >= 0.6 is 0 Å². The van der Waals surface area contributed by atoms with Crippen LogP contribution < -0.4 is 4.90 Å². The number of carbonyl (C=O) groups is 3. The smallest absolute Gasteiger partial charge is 0.292 e. The van der Waals surface area contributed by atoms with E-state index in [0.717, 1.165) is 34.2 Å². The number of halogens is 3. The molecule has 180 valence electrons. The standard InChI is InChI=1S/C27H18F3N3O3/c28-27(29,30)17-10-6-11-18(13-17)32-25(35)20-21(26(32)36)23(24(34)15-7-2-1-3-8-15)33-22(20)19-12-5-4-9-16(19)14-31-33/h1-14,20-23H. The molecule has 0 spiro atoms. The highest BCUT2D eigenvalue weighted by Crippen LogP contribution is 2.53. The maximum absolute atomic E-state index is 13.8. The third kappa shape index (κ3) is 3.19. The van der Waals surface area contributed by atoms with E-state index in [4.69, 9.17) is 0 Å². The zero-order valence-corrected chi connectivity index (χ0v) is 18.6. The first-order valence-electron chi connectivity index (χ1n) is 11.3. The Labute approximate surface area is 203 Å². The lowest BCUT2D eigenvalue weighted by molar-refractivity contribution is -0.137. The van der Waals surface area contributed by atoms with Crippen LogP contribution in [0, 0.1) is 11.8 Å². The van der Waals surface area contributed by atoms with Crippen LogP contribution in [0.4, 0.5) is 18.9 Å². The number of nitrogens with zero attached hydrogens (tertiary/aromatic N) is 3. The predicted molar refractivity (Wildman–Crippen MR) is 124 cm³/mol. The molecule has 3 heterocycles. The molecule has 0 aromatic heterocycles. The summed E-state index contributed by atoms with van der Waals surface area (Å²) in [6.45, 7) is 0. The monoisotopic (exact) mass is 489 g/mol. The Hall–Kier alpha value is -4.27. The van der Waals surface area contributed by atoms with Gasteiger partial charge in [0.1, 0.15) is 6.04 Å². The van der Waals surface area contributed by atoms with Gasteiger partial charge in [-0.05, 0) is 29.3 Å². The fraction of sp³-hybridized carbons (Fsp3) is 0.185. The number of imide groups is 1. The minimum Gasteiger partial charge on any atom is -0.292 e. The van der Waals surface area contributed by atoms with E-state index < -0.39 is 47.5 Å². The maximum Gasteiger partial charge on any atom is 0.416 e. The summed E-state index contributed by atoms with van der Waals surface area (Å²) in [6, 6.07) is 18.0. The topological polar surface area (TPSA) is 70.0 Å². The van der Waals surface area contributed by atoms with Crippen molar-refractivity contribution in [2.45, 2.75) is 18.3 Å². The summed E-state index contributed by atoms with van der Waals surface area (Å²) >= 11 is 0. The van der Waals surface area contributed by atoms with Crippen LogP contribution in [0.1, 0.15) is 33.1 Å². The molecule has 2 amide bonds. The summed E-state index contributed by atoms with van der Waals surface area (Å²) in [5, 5.41) is 5.99. The molecule has 3 aliphatic rings. The molecule has 36 heavy (non-hydrogen) atoms. The van der Waals surface area contributed by atoms with Crippen molar-refractivity contribution in [1.82, 2.24) is 5.01 Å². The predicted octanol–water partition coefficient (Wildman–Crippen LogP) is 4.47. The summed E-state index contributed by atoms with van der Waals surface area (Å²) < 4.78 is 40.1. The molecule has 9 heteroatoms. The van der Waals surface area contributed by atoms with Crippen molar-refractivity contribution in [1.29, 1.82) is 0 Å². The number of alkyl halides is 3. The summed E-state index contributed by atoms with van der Waals surface area (Å²) in [4.78, 5) is 42.0. The van der Waals surface area contributed by atoms with Gasteiger partial charge in [-0.2, -0.15) is 18.3 Å². The Bertz CT molecular complexity index is 1440. The molecule has 3 aromatic rings.